The van der Waals surface area contributed by atoms with Crippen LogP contribution in [0.2, 0.25) is 0 Å². The van der Waals surface area contributed by atoms with E-state index in [2.05, 4.69) is 38.8 Å². The molecule has 3 fully saturated rings. The normalized spacial score (nSPS) is 22.0. The van der Waals surface area contributed by atoms with Crippen molar-refractivity contribution in [1.29, 1.82) is 0 Å². The summed E-state index contributed by atoms with van der Waals surface area (Å²) in [4.78, 5) is 20.1. The minimum atomic E-state index is 0.194. The molecule has 5 nitrogen and oxygen atoms in total. The fraction of sp³-hybridized carbons (Fsp3) is 0.591. The molecule has 2 aromatic rings. The highest BCUT2D eigenvalue weighted by Crippen LogP contribution is 2.25. The molecular weight excluding hydrogens is 336 g/mol. The molecule has 2 aliphatic heterocycles. The van der Waals surface area contributed by atoms with E-state index in [-0.39, 0.29) is 5.91 Å². The van der Waals surface area contributed by atoms with E-state index in [1.807, 2.05) is 11.0 Å². The summed E-state index contributed by atoms with van der Waals surface area (Å²) < 4.78 is 2.31. The standard InChI is InChI=1S/C22H30N4O/c27-22(26-15-13-24(14-16-26)20-3-1-2-4-20)19-5-6-21-18(17-19)7-8-25(21)12-11-23-9-10-23/h5-8,17,20H,1-4,9-16H2. The number of nitrogens with zero attached hydrogens (tertiary/aromatic N) is 4. The average Bonchev–Trinajstić information content (AvgIpc) is 3.21. The van der Waals surface area contributed by atoms with Gasteiger partial charge >= 0.3 is 0 Å². The molecule has 2 saturated heterocycles. The van der Waals surface area contributed by atoms with Crippen LogP contribution in [-0.2, 0) is 6.54 Å². The number of fused-ring (bicyclic) bond motifs is 1. The Balaban J connectivity index is 1.24. The number of piperazine rings is 1. The molecule has 1 saturated carbocycles. The van der Waals surface area contributed by atoms with Crippen LogP contribution in [-0.4, -0.2) is 77.0 Å². The van der Waals surface area contributed by atoms with Crippen LogP contribution >= 0.6 is 0 Å². The monoisotopic (exact) mass is 366 g/mol. The third kappa shape index (κ3) is 3.63. The second-order valence-corrected chi connectivity index (χ2v) is 8.39. The SMILES string of the molecule is O=C(c1ccc2c(ccn2CCN2CC2)c1)N1CCN(C2CCCC2)CC1. The van der Waals surface area contributed by atoms with Gasteiger partial charge in [-0.15, -0.1) is 0 Å². The average molecular weight is 367 g/mol. The van der Waals surface area contributed by atoms with Crippen LogP contribution in [0.15, 0.2) is 30.5 Å². The van der Waals surface area contributed by atoms with Crippen molar-refractivity contribution in [1.82, 2.24) is 19.3 Å². The lowest BCUT2D eigenvalue weighted by Gasteiger charge is -2.38. The smallest absolute Gasteiger partial charge is 0.253 e. The van der Waals surface area contributed by atoms with Gasteiger partial charge in [0.25, 0.3) is 5.91 Å². The Bertz CT molecular complexity index is 811. The molecule has 3 aliphatic rings. The Kier molecular flexibility index (Phi) is 4.66. The fourth-order valence-corrected chi connectivity index (χ4v) is 4.81. The zero-order valence-corrected chi connectivity index (χ0v) is 16.1. The quantitative estimate of drug-likeness (QED) is 0.763. The van der Waals surface area contributed by atoms with E-state index in [0.29, 0.717) is 0 Å². The van der Waals surface area contributed by atoms with Gasteiger partial charge in [0.05, 0.1) is 0 Å². The van der Waals surface area contributed by atoms with E-state index in [0.717, 1.165) is 50.9 Å². The van der Waals surface area contributed by atoms with E-state index in [9.17, 15) is 4.79 Å². The highest BCUT2D eigenvalue weighted by Gasteiger charge is 2.28. The molecule has 0 bridgehead atoms. The van der Waals surface area contributed by atoms with Crippen LogP contribution in [0, 0.1) is 0 Å². The molecule has 144 valence electrons. The second kappa shape index (κ2) is 7.28. The van der Waals surface area contributed by atoms with Crippen molar-refractivity contribution < 1.29 is 4.79 Å². The number of aromatic nitrogens is 1. The minimum absolute atomic E-state index is 0.194. The first-order valence-corrected chi connectivity index (χ1v) is 10.6. The Morgan fingerprint density at radius 1 is 0.926 bits per heavy atom. The predicted molar refractivity (Wildman–Crippen MR) is 108 cm³/mol. The van der Waals surface area contributed by atoms with Gasteiger partial charge in [-0.1, -0.05) is 12.8 Å². The Labute approximate surface area is 161 Å². The second-order valence-electron chi connectivity index (χ2n) is 8.39. The van der Waals surface area contributed by atoms with E-state index >= 15 is 0 Å². The molecule has 1 aliphatic carbocycles. The molecule has 5 rings (SSSR count). The fourth-order valence-electron chi connectivity index (χ4n) is 4.81. The van der Waals surface area contributed by atoms with Crippen molar-refractivity contribution in [3.8, 4) is 0 Å². The number of amides is 1. The summed E-state index contributed by atoms with van der Waals surface area (Å²) in [5.41, 5.74) is 2.07. The van der Waals surface area contributed by atoms with Crippen LogP contribution in [0.1, 0.15) is 36.0 Å². The number of benzene rings is 1. The van der Waals surface area contributed by atoms with Crippen molar-refractivity contribution in [2.24, 2.45) is 0 Å². The summed E-state index contributed by atoms with van der Waals surface area (Å²) in [5, 5.41) is 1.18. The maximum atomic E-state index is 13.0. The number of rotatable bonds is 5. The summed E-state index contributed by atoms with van der Waals surface area (Å²) in [6.45, 7) is 8.43. The van der Waals surface area contributed by atoms with Gasteiger partial charge in [-0.3, -0.25) is 14.6 Å². The Morgan fingerprint density at radius 3 is 2.44 bits per heavy atom. The van der Waals surface area contributed by atoms with Crippen LogP contribution in [0.25, 0.3) is 10.9 Å². The van der Waals surface area contributed by atoms with Crippen LogP contribution in [0.4, 0.5) is 0 Å². The molecule has 1 amide bonds. The van der Waals surface area contributed by atoms with Crippen molar-refractivity contribution in [3.63, 3.8) is 0 Å². The van der Waals surface area contributed by atoms with Crippen molar-refractivity contribution in [3.05, 3.63) is 36.0 Å². The van der Waals surface area contributed by atoms with Crippen molar-refractivity contribution in [2.75, 3.05) is 45.8 Å². The molecule has 0 radical (unpaired) electrons. The number of carbonyl (C=O) groups excluding carboxylic acids is 1. The van der Waals surface area contributed by atoms with Gasteiger partial charge in [0.15, 0.2) is 0 Å². The lowest BCUT2D eigenvalue weighted by Crippen LogP contribution is -2.51. The highest BCUT2D eigenvalue weighted by atomic mass is 16.2. The van der Waals surface area contributed by atoms with Crippen LogP contribution < -0.4 is 0 Å². The summed E-state index contributed by atoms with van der Waals surface area (Å²) in [6, 6.07) is 9.13. The molecule has 0 N–H and O–H groups in total. The zero-order valence-electron chi connectivity index (χ0n) is 16.1. The van der Waals surface area contributed by atoms with Gasteiger partial charge in [0.2, 0.25) is 0 Å². The number of carbonyl (C=O) groups is 1. The lowest BCUT2D eigenvalue weighted by atomic mass is 10.1. The van der Waals surface area contributed by atoms with Crippen molar-refractivity contribution >= 4 is 16.8 Å². The van der Waals surface area contributed by atoms with E-state index in [4.69, 9.17) is 0 Å². The Hall–Kier alpha value is -1.85. The van der Waals surface area contributed by atoms with Gasteiger partial charge in [-0.05, 0) is 37.1 Å². The molecular formula is C22H30N4O. The summed E-state index contributed by atoms with van der Waals surface area (Å²) in [6.07, 6.45) is 7.60. The van der Waals surface area contributed by atoms with Gasteiger partial charge < -0.3 is 9.47 Å². The Morgan fingerprint density at radius 2 is 1.70 bits per heavy atom. The van der Waals surface area contributed by atoms with E-state index < -0.39 is 0 Å². The molecule has 0 spiro atoms. The maximum absolute atomic E-state index is 13.0. The van der Waals surface area contributed by atoms with E-state index in [1.54, 1.807) is 0 Å². The maximum Gasteiger partial charge on any atom is 0.253 e. The van der Waals surface area contributed by atoms with Crippen LogP contribution in [0.5, 0.6) is 0 Å². The molecule has 1 aromatic heterocycles. The third-order valence-corrected chi connectivity index (χ3v) is 6.66. The zero-order chi connectivity index (χ0) is 18.2. The van der Waals surface area contributed by atoms with Crippen molar-refractivity contribution in [2.45, 2.75) is 38.3 Å². The first-order chi connectivity index (χ1) is 13.3. The summed E-state index contributed by atoms with van der Waals surface area (Å²) in [7, 11) is 0. The predicted octanol–water partition coefficient (Wildman–Crippen LogP) is 2.66. The van der Waals surface area contributed by atoms with Gasteiger partial charge in [-0.2, -0.15) is 0 Å². The minimum Gasteiger partial charge on any atom is -0.346 e. The first-order valence-electron chi connectivity index (χ1n) is 10.6. The summed E-state index contributed by atoms with van der Waals surface area (Å²) >= 11 is 0. The van der Waals surface area contributed by atoms with Gasteiger partial charge in [-0.25, -0.2) is 0 Å². The molecule has 5 heteroatoms. The largest absolute Gasteiger partial charge is 0.346 e. The molecule has 0 atom stereocenters. The lowest BCUT2D eigenvalue weighted by molar-refractivity contribution is 0.0573. The van der Waals surface area contributed by atoms with Gasteiger partial charge in [0.1, 0.15) is 0 Å². The van der Waals surface area contributed by atoms with E-state index in [1.165, 1.54) is 49.7 Å². The first kappa shape index (κ1) is 17.3. The van der Waals surface area contributed by atoms with Gasteiger partial charge in [0, 0.05) is 81.1 Å². The molecule has 1 aromatic carbocycles. The molecule has 3 heterocycles. The number of hydrogen-bond acceptors (Lipinski definition) is 3. The number of hydrogen-bond donors (Lipinski definition) is 0. The molecule has 27 heavy (non-hydrogen) atoms. The van der Waals surface area contributed by atoms with Crippen LogP contribution in [0.3, 0.4) is 0 Å². The summed E-state index contributed by atoms with van der Waals surface area (Å²) in [5.74, 6) is 0.194. The molecule has 0 unspecified atom stereocenters. The third-order valence-electron chi connectivity index (χ3n) is 6.66. The highest BCUT2D eigenvalue weighted by molar-refractivity contribution is 5.98. The topological polar surface area (TPSA) is 31.5 Å².